The van der Waals surface area contributed by atoms with Crippen molar-refractivity contribution >= 4 is 21.4 Å². The molecule has 1 heterocycles. The fourth-order valence-electron chi connectivity index (χ4n) is 1.31. The van der Waals surface area contributed by atoms with E-state index in [4.69, 9.17) is 5.21 Å². The Morgan fingerprint density at radius 2 is 2.21 bits per heavy atom. The van der Waals surface area contributed by atoms with Gasteiger partial charge in [-0.2, -0.15) is 5.48 Å². The van der Waals surface area contributed by atoms with Crippen LogP contribution in [0.4, 0.5) is 4.39 Å². The van der Waals surface area contributed by atoms with Crippen LogP contribution in [0.15, 0.2) is 24.3 Å². The van der Waals surface area contributed by atoms with Crippen LogP contribution in [-0.2, 0) is 0 Å². The maximum Gasteiger partial charge on any atom is 0.123 e. The summed E-state index contributed by atoms with van der Waals surface area (Å²) in [4.78, 5) is 0.994. The van der Waals surface area contributed by atoms with Gasteiger partial charge in [-0.05, 0) is 36.6 Å². The first kappa shape index (κ1) is 9.58. The summed E-state index contributed by atoms with van der Waals surface area (Å²) in [5.41, 5.74) is 2.17. The minimum atomic E-state index is -0.230. The van der Waals surface area contributed by atoms with Crippen LogP contribution in [0.5, 0.6) is 0 Å². The van der Waals surface area contributed by atoms with Crippen LogP contribution in [0.3, 0.4) is 0 Å². The fourth-order valence-corrected chi connectivity index (χ4v) is 2.35. The van der Waals surface area contributed by atoms with Gasteiger partial charge in [0, 0.05) is 9.58 Å². The van der Waals surface area contributed by atoms with Crippen LogP contribution < -0.4 is 5.48 Å². The highest BCUT2D eigenvalue weighted by Gasteiger charge is 2.08. The maximum absolute atomic E-state index is 12.9. The van der Waals surface area contributed by atoms with E-state index in [1.54, 1.807) is 17.4 Å². The molecule has 1 aromatic carbocycles. The van der Waals surface area contributed by atoms with E-state index >= 15 is 0 Å². The second-order valence-electron chi connectivity index (χ2n) is 3.18. The largest absolute Gasteiger partial charge is 0.316 e. The normalized spacial score (nSPS) is 13.4. The molecule has 0 fully saturated rings. The van der Waals surface area contributed by atoms with Crippen molar-refractivity contribution in [3.05, 3.63) is 35.0 Å². The molecule has 0 amide bonds. The first-order valence-electron chi connectivity index (χ1n) is 4.29. The number of nitrogens with one attached hydrogen (secondary N) is 1. The molecule has 1 atom stereocenters. The van der Waals surface area contributed by atoms with Crippen molar-refractivity contribution in [2.75, 3.05) is 0 Å². The van der Waals surface area contributed by atoms with E-state index in [1.165, 1.54) is 12.1 Å². The smallest absolute Gasteiger partial charge is 0.123 e. The van der Waals surface area contributed by atoms with Crippen molar-refractivity contribution in [3.63, 3.8) is 0 Å². The zero-order valence-corrected chi connectivity index (χ0v) is 8.44. The Morgan fingerprint density at radius 1 is 1.43 bits per heavy atom. The van der Waals surface area contributed by atoms with Gasteiger partial charge in [-0.15, -0.1) is 11.3 Å². The molecule has 0 bridgehead atoms. The van der Waals surface area contributed by atoms with Crippen LogP contribution in [0.1, 0.15) is 17.8 Å². The lowest BCUT2D eigenvalue weighted by Gasteiger charge is -2.03. The van der Waals surface area contributed by atoms with Crippen molar-refractivity contribution in [2.45, 2.75) is 13.0 Å². The van der Waals surface area contributed by atoms with Gasteiger partial charge >= 0.3 is 0 Å². The zero-order valence-electron chi connectivity index (χ0n) is 7.62. The molecular weight excluding hydrogens is 201 g/mol. The van der Waals surface area contributed by atoms with E-state index in [9.17, 15) is 4.39 Å². The summed E-state index contributed by atoms with van der Waals surface area (Å²) in [6, 6.07) is 6.47. The van der Waals surface area contributed by atoms with Crippen LogP contribution in [0.2, 0.25) is 0 Å². The Labute approximate surface area is 84.9 Å². The molecule has 1 unspecified atom stereocenters. The van der Waals surface area contributed by atoms with Crippen molar-refractivity contribution in [3.8, 4) is 0 Å². The summed E-state index contributed by atoms with van der Waals surface area (Å²) in [7, 11) is 0. The third kappa shape index (κ3) is 1.64. The SMILES string of the molecule is CC(NO)c1cc2cc(F)ccc2s1. The lowest BCUT2D eigenvalue weighted by molar-refractivity contribution is 0.135. The average Bonchev–Trinajstić information content (AvgIpc) is 2.59. The number of halogens is 1. The molecule has 0 saturated carbocycles. The molecule has 2 N–H and O–H groups in total. The Balaban J connectivity index is 2.51. The predicted octanol–water partition coefficient (Wildman–Crippen LogP) is 3.08. The fraction of sp³-hybridized carbons (Fsp3) is 0.200. The minimum Gasteiger partial charge on any atom is -0.316 e. The Hall–Kier alpha value is -0.970. The number of rotatable bonds is 2. The molecule has 0 aliphatic rings. The molecule has 0 spiro atoms. The molecule has 2 nitrogen and oxygen atoms in total. The Bertz CT molecular complexity index is 454. The number of hydrogen-bond acceptors (Lipinski definition) is 3. The lowest BCUT2D eigenvalue weighted by Crippen LogP contribution is -2.11. The minimum absolute atomic E-state index is 0.115. The van der Waals surface area contributed by atoms with Gasteiger partial charge in [-0.25, -0.2) is 4.39 Å². The monoisotopic (exact) mass is 211 g/mol. The molecule has 0 radical (unpaired) electrons. The van der Waals surface area contributed by atoms with Crippen LogP contribution >= 0.6 is 11.3 Å². The molecule has 14 heavy (non-hydrogen) atoms. The molecule has 74 valence electrons. The zero-order chi connectivity index (χ0) is 10.1. The summed E-state index contributed by atoms with van der Waals surface area (Å²) < 4.78 is 13.9. The first-order chi connectivity index (χ1) is 6.70. The Morgan fingerprint density at radius 3 is 2.93 bits per heavy atom. The molecule has 2 aromatic rings. The van der Waals surface area contributed by atoms with Gasteiger partial charge in [0.1, 0.15) is 5.82 Å². The van der Waals surface area contributed by atoms with E-state index in [2.05, 4.69) is 5.48 Å². The molecule has 1 aromatic heterocycles. The van der Waals surface area contributed by atoms with E-state index < -0.39 is 0 Å². The highest BCUT2D eigenvalue weighted by molar-refractivity contribution is 7.19. The lowest BCUT2D eigenvalue weighted by atomic mass is 10.2. The van der Waals surface area contributed by atoms with Gasteiger partial charge in [-0.1, -0.05) is 0 Å². The second kappa shape index (κ2) is 3.65. The van der Waals surface area contributed by atoms with E-state index in [0.717, 1.165) is 15.0 Å². The molecule has 0 saturated heterocycles. The topological polar surface area (TPSA) is 32.3 Å². The maximum atomic E-state index is 12.9. The second-order valence-corrected chi connectivity index (χ2v) is 4.30. The first-order valence-corrected chi connectivity index (χ1v) is 5.11. The van der Waals surface area contributed by atoms with E-state index in [0.29, 0.717) is 0 Å². The number of thiophene rings is 1. The van der Waals surface area contributed by atoms with Crippen molar-refractivity contribution < 1.29 is 9.60 Å². The number of hydroxylamine groups is 1. The molecule has 4 heteroatoms. The van der Waals surface area contributed by atoms with Gasteiger partial charge < -0.3 is 5.21 Å². The van der Waals surface area contributed by atoms with Crippen molar-refractivity contribution in [1.82, 2.24) is 5.48 Å². The van der Waals surface area contributed by atoms with E-state index in [-0.39, 0.29) is 11.9 Å². The quantitative estimate of drug-likeness (QED) is 0.748. The molecule has 0 aliphatic heterocycles. The Kier molecular flexibility index (Phi) is 2.50. The third-order valence-corrected chi connectivity index (χ3v) is 3.42. The summed E-state index contributed by atoms with van der Waals surface area (Å²) in [6.45, 7) is 1.85. The van der Waals surface area contributed by atoms with Gasteiger partial charge in [0.05, 0.1) is 6.04 Å². The number of hydrogen-bond donors (Lipinski definition) is 2. The van der Waals surface area contributed by atoms with Crippen LogP contribution in [0.25, 0.3) is 10.1 Å². The predicted molar refractivity (Wildman–Crippen MR) is 55.1 cm³/mol. The van der Waals surface area contributed by atoms with Crippen LogP contribution in [-0.4, -0.2) is 5.21 Å². The summed E-state index contributed by atoms with van der Waals surface area (Å²) in [5, 5.41) is 9.63. The third-order valence-electron chi connectivity index (χ3n) is 2.12. The highest BCUT2D eigenvalue weighted by Crippen LogP contribution is 2.29. The average molecular weight is 211 g/mol. The summed E-state index contributed by atoms with van der Waals surface area (Å²) in [5.74, 6) is -0.230. The van der Waals surface area contributed by atoms with Gasteiger partial charge in [0.25, 0.3) is 0 Å². The van der Waals surface area contributed by atoms with Crippen LogP contribution in [0, 0.1) is 5.82 Å². The highest BCUT2D eigenvalue weighted by atomic mass is 32.1. The van der Waals surface area contributed by atoms with E-state index in [1.807, 2.05) is 13.0 Å². The van der Waals surface area contributed by atoms with Crippen molar-refractivity contribution in [1.29, 1.82) is 0 Å². The summed E-state index contributed by atoms with van der Waals surface area (Å²) >= 11 is 1.55. The number of fused-ring (bicyclic) bond motifs is 1. The molecule has 2 rings (SSSR count). The van der Waals surface area contributed by atoms with Gasteiger partial charge in [-0.3, -0.25) is 0 Å². The summed E-state index contributed by atoms with van der Waals surface area (Å²) in [6.07, 6.45) is 0. The van der Waals surface area contributed by atoms with Crippen molar-refractivity contribution in [2.24, 2.45) is 0 Å². The number of benzene rings is 1. The molecule has 0 aliphatic carbocycles. The van der Waals surface area contributed by atoms with Gasteiger partial charge in [0.15, 0.2) is 0 Å². The van der Waals surface area contributed by atoms with Gasteiger partial charge in [0.2, 0.25) is 0 Å². The molecular formula is C10H10FNOS. The standard InChI is InChI=1S/C10H10FNOS/c1-6(12-13)10-5-7-4-8(11)2-3-9(7)14-10/h2-6,12-13H,1H3.